The van der Waals surface area contributed by atoms with Crippen molar-refractivity contribution in [2.45, 2.75) is 11.8 Å². The van der Waals surface area contributed by atoms with Gasteiger partial charge in [-0.15, -0.1) is 0 Å². The van der Waals surface area contributed by atoms with E-state index in [2.05, 4.69) is 5.32 Å². The molecule has 0 atom stereocenters. The molecule has 2 rings (SSSR count). The maximum absolute atomic E-state index is 11.9. The average Bonchev–Trinajstić information content (AvgIpc) is 2.56. The van der Waals surface area contributed by atoms with Crippen LogP contribution in [-0.2, 0) is 9.53 Å². The Labute approximate surface area is 143 Å². The Hall–Kier alpha value is -2.98. The molecule has 0 saturated heterocycles. The molecule has 0 unspecified atom stereocenters. The van der Waals surface area contributed by atoms with Gasteiger partial charge >= 0.3 is 5.97 Å². The number of nitriles is 1. The molecular formula is C17H14N2O4S. The number of phenols is 1. The number of hydrogen-bond acceptors (Lipinski definition) is 6. The van der Waals surface area contributed by atoms with Crippen LogP contribution < -0.4 is 5.32 Å². The molecule has 24 heavy (non-hydrogen) atoms. The summed E-state index contributed by atoms with van der Waals surface area (Å²) in [4.78, 5) is 24.4. The van der Waals surface area contributed by atoms with Crippen LogP contribution >= 0.6 is 11.8 Å². The van der Waals surface area contributed by atoms with Gasteiger partial charge in [0.25, 0.3) is 5.91 Å². The van der Waals surface area contributed by atoms with Gasteiger partial charge in [-0.25, -0.2) is 4.79 Å². The van der Waals surface area contributed by atoms with Gasteiger partial charge in [-0.1, -0.05) is 0 Å². The summed E-state index contributed by atoms with van der Waals surface area (Å²) in [6.45, 7) is 1.38. The van der Waals surface area contributed by atoms with Gasteiger partial charge < -0.3 is 15.2 Å². The minimum atomic E-state index is -0.650. The van der Waals surface area contributed by atoms with E-state index in [1.807, 2.05) is 5.40 Å². The van der Waals surface area contributed by atoms with Crippen LogP contribution in [0.15, 0.2) is 47.4 Å². The number of aryl methyl sites for hydroxylation is 1. The Kier molecular flexibility index (Phi) is 5.82. The molecule has 2 N–H and O–H groups in total. The molecule has 2 aromatic carbocycles. The zero-order chi connectivity index (χ0) is 17.5. The molecular weight excluding hydrogens is 328 g/mol. The number of carbonyl (C=O) groups is 2. The van der Waals surface area contributed by atoms with Gasteiger partial charge in [0.05, 0.1) is 5.56 Å². The number of thiocyanates is 1. The fourth-order valence-electron chi connectivity index (χ4n) is 1.89. The first-order chi connectivity index (χ1) is 11.5. The van der Waals surface area contributed by atoms with E-state index in [1.54, 1.807) is 25.1 Å². The van der Waals surface area contributed by atoms with Crippen molar-refractivity contribution in [3.63, 3.8) is 0 Å². The van der Waals surface area contributed by atoms with E-state index < -0.39 is 18.5 Å². The highest BCUT2D eigenvalue weighted by molar-refractivity contribution is 8.03. The number of nitrogens with zero attached hydrogens (tertiary/aromatic N) is 1. The number of carbonyl (C=O) groups excluding carboxylic acids is 2. The lowest BCUT2D eigenvalue weighted by Gasteiger charge is -2.09. The van der Waals surface area contributed by atoms with Crippen molar-refractivity contribution >= 4 is 29.3 Å². The van der Waals surface area contributed by atoms with Crippen LogP contribution in [0.25, 0.3) is 0 Å². The second kappa shape index (κ2) is 8.04. The minimum absolute atomic E-state index is 0.0396. The van der Waals surface area contributed by atoms with E-state index in [0.29, 0.717) is 5.69 Å². The van der Waals surface area contributed by atoms with Gasteiger partial charge in [0, 0.05) is 10.6 Å². The predicted molar refractivity (Wildman–Crippen MR) is 89.7 cm³/mol. The van der Waals surface area contributed by atoms with Crippen LogP contribution in [-0.4, -0.2) is 23.6 Å². The van der Waals surface area contributed by atoms with E-state index in [9.17, 15) is 9.59 Å². The SMILES string of the molecule is Cc1cc(SC#N)ccc1NC(=O)COC(=O)c1ccc(O)cc1. The number of hydrogen-bond donors (Lipinski definition) is 2. The molecule has 0 aliphatic rings. The summed E-state index contributed by atoms with van der Waals surface area (Å²) in [6, 6.07) is 10.7. The molecule has 0 fully saturated rings. The van der Waals surface area contributed by atoms with Gasteiger partial charge in [0.2, 0.25) is 0 Å². The molecule has 6 nitrogen and oxygen atoms in total. The van der Waals surface area contributed by atoms with Crippen molar-refractivity contribution in [1.29, 1.82) is 5.26 Å². The molecule has 122 valence electrons. The molecule has 0 radical (unpaired) electrons. The average molecular weight is 342 g/mol. The maximum atomic E-state index is 11.9. The molecule has 0 heterocycles. The number of aromatic hydroxyl groups is 1. The molecule has 1 amide bonds. The van der Waals surface area contributed by atoms with Crippen LogP contribution in [0.5, 0.6) is 5.75 Å². The van der Waals surface area contributed by atoms with Crippen LogP contribution in [0.4, 0.5) is 5.69 Å². The van der Waals surface area contributed by atoms with Crippen molar-refractivity contribution in [3.8, 4) is 11.2 Å². The number of thioether (sulfide) groups is 1. The van der Waals surface area contributed by atoms with Gasteiger partial charge in [0.15, 0.2) is 6.61 Å². The third-order valence-corrected chi connectivity index (χ3v) is 3.65. The van der Waals surface area contributed by atoms with Crippen LogP contribution in [0.2, 0.25) is 0 Å². The molecule has 0 spiro atoms. The Morgan fingerprint density at radius 2 is 1.96 bits per heavy atom. The highest BCUT2D eigenvalue weighted by Crippen LogP contribution is 2.23. The number of phenolic OH excluding ortho intramolecular Hbond substituents is 1. The van der Waals surface area contributed by atoms with Crippen molar-refractivity contribution in [2.24, 2.45) is 0 Å². The summed E-state index contributed by atoms with van der Waals surface area (Å²) in [5, 5.41) is 22.4. The Balaban J connectivity index is 1.90. The van der Waals surface area contributed by atoms with E-state index in [4.69, 9.17) is 15.1 Å². The molecule has 0 aliphatic heterocycles. The van der Waals surface area contributed by atoms with Crippen molar-refractivity contribution in [2.75, 3.05) is 11.9 Å². The lowest BCUT2D eigenvalue weighted by molar-refractivity contribution is -0.119. The molecule has 0 aliphatic carbocycles. The summed E-state index contributed by atoms with van der Waals surface area (Å²) in [6.07, 6.45) is 0. The monoisotopic (exact) mass is 342 g/mol. The number of rotatable bonds is 5. The molecule has 0 bridgehead atoms. The van der Waals surface area contributed by atoms with Gasteiger partial charge in [-0.05, 0) is 66.7 Å². The Morgan fingerprint density at radius 1 is 1.25 bits per heavy atom. The van der Waals surface area contributed by atoms with Crippen LogP contribution in [0.3, 0.4) is 0 Å². The highest BCUT2D eigenvalue weighted by atomic mass is 32.2. The summed E-state index contributed by atoms with van der Waals surface area (Å²) in [5.74, 6) is -1.08. The zero-order valence-corrected chi connectivity index (χ0v) is 13.6. The fourth-order valence-corrected chi connectivity index (χ4v) is 2.37. The quantitative estimate of drug-likeness (QED) is 0.492. The van der Waals surface area contributed by atoms with Crippen LogP contribution in [0, 0.1) is 17.6 Å². The fraction of sp³-hybridized carbons (Fsp3) is 0.118. The van der Waals surface area contributed by atoms with E-state index >= 15 is 0 Å². The third kappa shape index (κ3) is 4.76. The smallest absolute Gasteiger partial charge is 0.338 e. The van der Waals surface area contributed by atoms with Crippen molar-refractivity contribution in [3.05, 3.63) is 53.6 Å². The second-order valence-electron chi connectivity index (χ2n) is 4.84. The largest absolute Gasteiger partial charge is 0.508 e. The minimum Gasteiger partial charge on any atom is -0.508 e. The molecule has 2 aromatic rings. The number of nitrogens with one attached hydrogen (secondary N) is 1. The predicted octanol–water partition coefficient (Wildman–Crippen LogP) is 3.07. The number of esters is 1. The third-order valence-electron chi connectivity index (χ3n) is 3.07. The van der Waals surface area contributed by atoms with Crippen LogP contribution in [0.1, 0.15) is 15.9 Å². The zero-order valence-electron chi connectivity index (χ0n) is 12.8. The first kappa shape index (κ1) is 17.4. The van der Waals surface area contributed by atoms with E-state index in [0.717, 1.165) is 22.2 Å². The van der Waals surface area contributed by atoms with E-state index in [-0.39, 0.29) is 11.3 Å². The first-order valence-electron chi connectivity index (χ1n) is 6.92. The maximum Gasteiger partial charge on any atom is 0.338 e. The number of amides is 1. The number of ether oxygens (including phenoxy) is 1. The summed E-state index contributed by atoms with van der Waals surface area (Å²) < 4.78 is 4.92. The summed E-state index contributed by atoms with van der Waals surface area (Å²) >= 11 is 1.04. The number of benzene rings is 2. The number of anilines is 1. The Bertz CT molecular complexity index is 797. The second-order valence-corrected chi connectivity index (χ2v) is 5.70. The first-order valence-corrected chi connectivity index (χ1v) is 7.74. The topological polar surface area (TPSA) is 99.4 Å². The summed E-state index contributed by atoms with van der Waals surface area (Å²) in [7, 11) is 0. The van der Waals surface area contributed by atoms with Gasteiger partial charge in [-0.2, -0.15) is 5.26 Å². The molecule has 0 saturated carbocycles. The Morgan fingerprint density at radius 3 is 2.58 bits per heavy atom. The molecule has 0 aromatic heterocycles. The van der Waals surface area contributed by atoms with Gasteiger partial charge in [-0.3, -0.25) is 4.79 Å². The highest BCUT2D eigenvalue weighted by Gasteiger charge is 2.11. The van der Waals surface area contributed by atoms with E-state index in [1.165, 1.54) is 24.3 Å². The van der Waals surface area contributed by atoms with Crippen molar-refractivity contribution in [1.82, 2.24) is 0 Å². The van der Waals surface area contributed by atoms with Crippen molar-refractivity contribution < 1.29 is 19.4 Å². The summed E-state index contributed by atoms with van der Waals surface area (Å²) in [5.41, 5.74) is 1.63. The normalized spacial score (nSPS) is 9.83. The lowest BCUT2D eigenvalue weighted by Crippen LogP contribution is -2.21. The van der Waals surface area contributed by atoms with Gasteiger partial charge in [0.1, 0.15) is 11.2 Å². The standard InChI is InChI=1S/C17H14N2O4S/c1-11-8-14(24-10-18)6-7-15(11)19-16(21)9-23-17(22)12-2-4-13(20)5-3-12/h2-8,20H,9H2,1H3,(H,19,21). The molecule has 7 heteroatoms. The lowest BCUT2D eigenvalue weighted by atomic mass is 10.2.